The van der Waals surface area contributed by atoms with Crippen molar-refractivity contribution in [1.29, 1.82) is 0 Å². The van der Waals surface area contributed by atoms with E-state index in [1.165, 1.54) is 6.42 Å². The van der Waals surface area contributed by atoms with Gasteiger partial charge in [-0.3, -0.25) is 4.90 Å². The van der Waals surface area contributed by atoms with Crippen LogP contribution in [0.2, 0.25) is 10.0 Å². The zero-order valence-corrected chi connectivity index (χ0v) is 13.1. The van der Waals surface area contributed by atoms with Crippen LogP contribution < -0.4 is 5.73 Å². The number of nitrogens with two attached hydrogens (primary N) is 1. The van der Waals surface area contributed by atoms with E-state index in [9.17, 15) is 0 Å². The normalized spacial score (nSPS) is 22.1. The lowest BCUT2D eigenvalue weighted by atomic mass is 9.95. The molecule has 2 atom stereocenters. The van der Waals surface area contributed by atoms with Crippen LogP contribution in [-0.4, -0.2) is 24.5 Å². The van der Waals surface area contributed by atoms with Gasteiger partial charge >= 0.3 is 0 Å². The number of halogens is 2. The van der Waals surface area contributed by atoms with Crippen LogP contribution in [0.4, 0.5) is 0 Å². The van der Waals surface area contributed by atoms with Crippen LogP contribution >= 0.6 is 23.2 Å². The zero-order valence-electron chi connectivity index (χ0n) is 11.6. The van der Waals surface area contributed by atoms with Crippen LogP contribution in [0.15, 0.2) is 18.2 Å². The molecule has 1 heterocycles. The van der Waals surface area contributed by atoms with Gasteiger partial charge in [0.05, 0.1) is 0 Å². The summed E-state index contributed by atoms with van der Waals surface area (Å²) in [6, 6.07) is 5.90. The summed E-state index contributed by atoms with van der Waals surface area (Å²) in [6.07, 6.45) is 1.25. The van der Waals surface area contributed by atoms with Crippen LogP contribution in [0.3, 0.4) is 0 Å². The molecule has 0 bridgehead atoms. The van der Waals surface area contributed by atoms with E-state index in [1.54, 1.807) is 6.07 Å². The lowest BCUT2D eigenvalue weighted by molar-refractivity contribution is 0.232. The van der Waals surface area contributed by atoms with E-state index >= 15 is 0 Å². The topological polar surface area (TPSA) is 29.3 Å². The molecule has 0 radical (unpaired) electrons. The largest absolute Gasteiger partial charge is 0.329 e. The Balaban J connectivity index is 2.16. The van der Waals surface area contributed by atoms with Gasteiger partial charge in [-0.1, -0.05) is 43.1 Å². The number of hydrogen-bond donors (Lipinski definition) is 1. The molecule has 0 saturated carbocycles. The molecule has 19 heavy (non-hydrogen) atoms. The minimum absolute atomic E-state index is 0.202. The van der Waals surface area contributed by atoms with Gasteiger partial charge in [0.25, 0.3) is 0 Å². The molecule has 0 amide bonds. The molecule has 0 spiro atoms. The molecule has 2 rings (SSSR count). The van der Waals surface area contributed by atoms with Gasteiger partial charge in [0.1, 0.15) is 0 Å². The fraction of sp³-hybridized carbons (Fsp3) is 0.600. The molecular formula is C15H22Cl2N2. The van der Waals surface area contributed by atoms with E-state index < -0.39 is 0 Å². The van der Waals surface area contributed by atoms with Crippen molar-refractivity contribution in [1.82, 2.24) is 4.90 Å². The minimum atomic E-state index is 0.202. The number of rotatable bonds is 4. The molecule has 1 aromatic carbocycles. The maximum atomic E-state index is 6.31. The fourth-order valence-electron chi connectivity index (χ4n) is 2.89. The Morgan fingerprint density at radius 3 is 2.63 bits per heavy atom. The van der Waals surface area contributed by atoms with Gasteiger partial charge in [0, 0.05) is 29.2 Å². The standard InChI is InChI=1S/C15H22Cl2N2/c1-10(2)11-5-6-19(9-11)15(8-18)13-4-3-12(16)7-14(13)17/h3-4,7,10-11,15H,5-6,8-9,18H2,1-2H3. The number of nitrogens with zero attached hydrogens (tertiary/aromatic N) is 1. The summed E-state index contributed by atoms with van der Waals surface area (Å²) in [5.74, 6) is 1.49. The molecule has 2 nitrogen and oxygen atoms in total. The summed E-state index contributed by atoms with van der Waals surface area (Å²) >= 11 is 12.3. The molecule has 1 aromatic rings. The predicted molar refractivity (Wildman–Crippen MR) is 82.8 cm³/mol. The van der Waals surface area contributed by atoms with Crippen LogP contribution in [0.1, 0.15) is 31.9 Å². The molecule has 4 heteroatoms. The Kier molecular flexibility index (Phi) is 5.13. The third-order valence-electron chi connectivity index (χ3n) is 4.18. The van der Waals surface area contributed by atoms with E-state index in [0.717, 1.165) is 35.5 Å². The van der Waals surface area contributed by atoms with Crippen molar-refractivity contribution in [3.8, 4) is 0 Å². The van der Waals surface area contributed by atoms with Gasteiger partial charge in [-0.05, 0) is 42.5 Å². The molecule has 1 aliphatic rings. The van der Waals surface area contributed by atoms with Gasteiger partial charge in [-0.25, -0.2) is 0 Å². The average molecular weight is 301 g/mol. The smallest absolute Gasteiger partial charge is 0.0485 e. The van der Waals surface area contributed by atoms with E-state index in [2.05, 4.69) is 18.7 Å². The summed E-state index contributed by atoms with van der Waals surface area (Å²) in [5, 5.41) is 1.39. The molecule has 2 unspecified atom stereocenters. The first kappa shape index (κ1) is 15.1. The second-order valence-electron chi connectivity index (χ2n) is 5.71. The molecule has 1 saturated heterocycles. The Morgan fingerprint density at radius 1 is 1.37 bits per heavy atom. The monoisotopic (exact) mass is 300 g/mol. The van der Waals surface area contributed by atoms with Crippen LogP contribution in [0, 0.1) is 11.8 Å². The average Bonchev–Trinajstić information content (AvgIpc) is 2.82. The lowest BCUT2D eigenvalue weighted by Crippen LogP contribution is -2.32. The van der Waals surface area contributed by atoms with Crippen molar-refractivity contribution in [2.45, 2.75) is 26.3 Å². The van der Waals surface area contributed by atoms with Crippen LogP contribution in [0.25, 0.3) is 0 Å². The Hall–Kier alpha value is -0.280. The summed E-state index contributed by atoms with van der Waals surface area (Å²) in [4.78, 5) is 2.46. The van der Waals surface area contributed by atoms with Crippen molar-refractivity contribution in [2.75, 3.05) is 19.6 Å². The second-order valence-corrected chi connectivity index (χ2v) is 6.55. The highest BCUT2D eigenvalue weighted by molar-refractivity contribution is 6.35. The highest BCUT2D eigenvalue weighted by Crippen LogP contribution is 2.34. The maximum Gasteiger partial charge on any atom is 0.0485 e. The first-order chi connectivity index (χ1) is 9.02. The molecule has 0 aliphatic carbocycles. The van der Waals surface area contributed by atoms with Gasteiger partial charge < -0.3 is 5.73 Å². The second kappa shape index (κ2) is 6.45. The number of likely N-dealkylation sites (tertiary alicyclic amines) is 1. The quantitative estimate of drug-likeness (QED) is 0.911. The summed E-state index contributed by atoms with van der Waals surface area (Å²) in [5.41, 5.74) is 7.08. The predicted octanol–water partition coefficient (Wildman–Crippen LogP) is 3.97. The maximum absolute atomic E-state index is 6.31. The van der Waals surface area contributed by atoms with E-state index in [4.69, 9.17) is 28.9 Å². The Labute approximate surface area is 125 Å². The third-order valence-corrected chi connectivity index (χ3v) is 4.75. The summed E-state index contributed by atoms with van der Waals surface area (Å²) in [7, 11) is 0. The van der Waals surface area contributed by atoms with Crippen LogP contribution in [-0.2, 0) is 0 Å². The first-order valence-electron chi connectivity index (χ1n) is 6.92. The Bertz CT molecular complexity index is 434. The highest BCUT2D eigenvalue weighted by Gasteiger charge is 2.30. The molecule has 2 N–H and O–H groups in total. The zero-order chi connectivity index (χ0) is 14.0. The van der Waals surface area contributed by atoms with E-state index in [-0.39, 0.29) is 6.04 Å². The van der Waals surface area contributed by atoms with Gasteiger partial charge in [0.2, 0.25) is 0 Å². The third kappa shape index (κ3) is 3.43. The summed E-state index contributed by atoms with van der Waals surface area (Å²) < 4.78 is 0. The van der Waals surface area contributed by atoms with Crippen LogP contribution in [0.5, 0.6) is 0 Å². The summed E-state index contributed by atoms with van der Waals surface area (Å²) in [6.45, 7) is 7.39. The molecule has 1 fully saturated rings. The van der Waals surface area contributed by atoms with Gasteiger partial charge in [0.15, 0.2) is 0 Å². The van der Waals surface area contributed by atoms with Crippen molar-refractivity contribution < 1.29 is 0 Å². The molecule has 106 valence electrons. The molecule has 0 aromatic heterocycles. The fourth-order valence-corrected chi connectivity index (χ4v) is 3.42. The van der Waals surface area contributed by atoms with Crippen molar-refractivity contribution in [2.24, 2.45) is 17.6 Å². The minimum Gasteiger partial charge on any atom is -0.329 e. The Morgan fingerprint density at radius 2 is 2.11 bits per heavy atom. The van der Waals surface area contributed by atoms with E-state index in [1.807, 2.05) is 12.1 Å². The lowest BCUT2D eigenvalue weighted by Gasteiger charge is -2.28. The number of hydrogen-bond acceptors (Lipinski definition) is 2. The first-order valence-corrected chi connectivity index (χ1v) is 7.67. The van der Waals surface area contributed by atoms with Gasteiger partial charge in [-0.15, -0.1) is 0 Å². The van der Waals surface area contributed by atoms with Crippen molar-refractivity contribution in [3.05, 3.63) is 33.8 Å². The molecule has 1 aliphatic heterocycles. The highest BCUT2D eigenvalue weighted by atomic mass is 35.5. The molecular weight excluding hydrogens is 279 g/mol. The van der Waals surface area contributed by atoms with Crippen molar-refractivity contribution in [3.63, 3.8) is 0 Å². The van der Waals surface area contributed by atoms with Gasteiger partial charge in [-0.2, -0.15) is 0 Å². The number of benzene rings is 1. The van der Waals surface area contributed by atoms with Crippen molar-refractivity contribution >= 4 is 23.2 Å². The SMILES string of the molecule is CC(C)C1CCN(C(CN)c2ccc(Cl)cc2Cl)C1. The van der Waals surface area contributed by atoms with E-state index in [0.29, 0.717) is 11.6 Å².